The number of ether oxygens (including phenoxy) is 2. The molecule has 0 unspecified atom stereocenters. The smallest absolute Gasteiger partial charge is 0.304 e. The highest BCUT2D eigenvalue weighted by Gasteiger charge is 2.69. The monoisotopic (exact) mass is 428 g/mol. The number of allylic oxidation sites excluding steroid dienone is 1. The van der Waals surface area contributed by atoms with E-state index in [2.05, 4.69) is 40.7 Å². The molecule has 4 aliphatic carbocycles. The number of ketones is 1. The van der Waals surface area contributed by atoms with Crippen LogP contribution >= 0.6 is 0 Å². The van der Waals surface area contributed by atoms with E-state index < -0.39 is 11.7 Å². The van der Waals surface area contributed by atoms with Crippen molar-refractivity contribution in [3.05, 3.63) is 11.6 Å². The van der Waals surface area contributed by atoms with Crippen molar-refractivity contribution in [2.75, 3.05) is 6.61 Å². The first kappa shape index (κ1) is 21.7. The van der Waals surface area contributed by atoms with Gasteiger partial charge in [0.05, 0.1) is 12.5 Å². The summed E-state index contributed by atoms with van der Waals surface area (Å²) in [5.41, 5.74) is 1.37. The number of carbonyl (C=O) groups is 2. The lowest BCUT2D eigenvalue weighted by atomic mass is 9.35. The molecule has 0 N–H and O–H groups in total. The summed E-state index contributed by atoms with van der Waals surface area (Å²) in [6.45, 7) is 14.0. The van der Waals surface area contributed by atoms with Gasteiger partial charge in [-0.25, -0.2) is 0 Å². The maximum atomic E-state index is 14.1. The molecule has 5 aliphatic rings. The maximum absolute atomic E-state index is 14.1. The van der Waals surface area contributed by atoms with Gasteiger partial charge in [0.1, 0.15) is 5.78 Å². The molecule has 1 aliphatic heterocycles. The van der Waals surface area contributed by atoms with Gasteiger partial charge in [-0.2, -0.15) is 0 Å². The second-order valence-electron chi connectivity index (χ2n) is 12.7. The number of Topliss-reactive ketones (excluding diaryl/α,β-unsaturated/α-hetero) is 1. The third kappa shape index (κ3) is 2.75. The molecule has 1 saturated heterocycles. The zero-order chi connectivity index (χ0) is 22.4. The normalized spacial score (nSPS) is 50.5. The maximum Gasteiger partial charge on any atom is 0.304 e. The van der Waals surface area contributed by atoms with E-state index in [0.717, 1.165) is 6.42 Å². The summed E-state index contributed by atoms with van der Waals surface area (Å²) in [5, 5.41) is 0. The van der Waals surface area contributed by atoms with Gasteiger partial charge < -0.3 is 9.47 Å². The number of hydrogen-bond donors (Lipinski definition) is 0. The molecule has 3 saturated carbocycles. The molecule has 5 rings (SSSR count). The molecule has 0 aromatic rings. The Morgan fingerprint density at radius 1 is 1.03 bits per heavy atom. The molecule has 4 nitrogen and oxygen atoms in total. The molecule has 0 radical (unpaired) electrons. The second-order valence-corrected chi connectivity index (χ2v) is 12.7. The minimum Gasteiger partial charge on any atom is -0.435 e. The van der Waals surface area contributed by atoms with Crippen molar-refractivity contribution in [2.45, 2.75) is 92.8 Å². The molecule has 0 spiro atoms. The van der Waals surface area contributed by atoms with Crippen molar-refractivity contribution in [1.82, 2.24) is 0 Å². The van der Waals surface area contributed by atoms with E-state index in [1.807, 2.05) is 0 Å². The summed E-state index contributed by atoms with van der Waals surface area (Å²) >= 11 is 0. The van der Waals surface area contributed by atoms with Gasteiger partial charge in [0.2, 0.25) is 6.29 Å². The summed E-state index contributed by atoms with van der Waals surface area (Å²) in [6.07, 6.45) is 9.61. The van der Waals surface area contributed by atoms with Crippen LogP contribution in [0, 0.1) is 45.3 Å². The fourth-order valence-corrected chi connectivity index (χ4v) is 9.69. The lowest BCUT2D eigenvalue weighted by Crippen LogP contribution is -2.65. The SMILES string of the molecule is CC(=O)O[C@@H]1OCC2=CC[C@H]3[C@]4(C)CC[C@H]5C(C)(C)CCC[C@]5(C)[C@H]4CC(=O)[C@]3(C)[C@H]21. The van der Waals surface area contributed by atoms with E-state index >= 15 is 0 Å². The van der Waals surface area contributed by atoms with Crippen molar-refractivity contribution in [1.29, 1.82) is 0 Å². The largest absolute Gasteiger partial charge is 0.435 e. The van der Waals surface area contributed by atoms with E-state index in [-0.39, 0.29) is 28.6 Å². The Bertz CT molecular complexity index is 842. The van der Waals surface area contributed by atoms with Gasteiger partial charge in [0.15, 0.2) is 0 Å². The predicted octanol–water partition coefficient (Wildman–Crippen LogP) is 5.70. The van der Waals surface area contributed by atoms with Crippen LogP contribution in [0.4, 0.5) is 0 Å². The van der Waals surface area contributed by atoms with Crippen molar-refractivity contribution in [3.63, 3.8) is 0 Å². The Morgan fingerprint density at radius 2 is 1.74 bits per heavy atom. The first-order valence-electron chi connectivity index (χ1n) is 12.5. The van der Waals surface area contributed by atoms with E-state index in [1.165, 1.54) is 44.6 Å². The Morgan fingerprint density at radius 3 is 2.45 bits per heavy atom. The van der Waals surface area contributed by atoms with E-state index in [9.17, 15) is 9.59 Å². The average molecular weight is 429 g/mol. The Kier molecular flexibility index (Phi) is 4.67. The average Bonchev–Trinajstić information content (AvgIpc) is 3.06. The van der Waals surface area contributed by atoms with Gasteiger partial charge >= 0.3 is 5.97 Å². The molecule has 0 aromatic heterocycles. The van der Waals surface area contributed by atoms with E-state index in [4.69, 9.17) is 9.47 Å². The zero-order valence-electron chi connectivity index (χ0n) is 20.3. The molecule has 172 valence electrons. The van der Waals surface area contributed by atoms with Gasteiger partial charge in [0, 0.05) is 18.8 Å². The van der Waals surface area contributed by atoms with Gasteiger partial charge in [0.25, 0.3) is 0 Å². The molecule has 8 atom stereocenters. The van der Waals surface area contributed by atoms with E-state index in [1.54, 1.807) is 0 Å². The van der Waals surface area contributed by atoms with Crippen LogP contribution in [0.3, 0.4) is 0 Å². The summed E-state index contributed by atoms with van der Waals surface area (Å²) < 4.78 is 11.5. The van der Waals surface area contributed by atoms with Crippen molar-refractivity contribution < 1.29 is 19.1 Å². The quantitative estimate of drug-likeness (QED) is 0.397. The second kappa shape index (κ2) is 6.68. The molecule has 0 amide bonds. The predicted molar refractivity (Wildman–Crippen MR) is 119 cm³/mol. The van der Waals surface area contributed by atoms with Crippen LogP contribution in [-0.2, 0) is 19.1 Å². The summed E-state index contributed by atoms with van der Waals surface area (Å²) in [6, 6.07) is 0. The number of fused-ring (bicyclic) bond motifs is 7. The van der Waals surface area contributed by atoms with Crippen molar-refractivity contribution in [2.24, 2.45) is 45.3 Å². The highest BCUT2D eigenvalue weighted by atomic mass is 16.7. The van der Waals surface area contributed by atoms with Crippen LogP contribution in [0.25, 0.3) is 0 Å². The number of hydrogen-bond acceptors (Lipinski definition) is 4. The Labute approximate surface area is 187 Å². The molecular formula is C27H40O4. The van der Waals surface area contributed by atoms with Gasteiger partial charge in [-0.15, -0.1) is 0 Å². The van der Waals surface area contributed by atoms with Crippen molar-refractivity contribution >= 4 is 11.8 Å². The summed E-state index contributed by atoms with van der Waals surface area (Å²) in [7, 11) is 0. The number of rotatable bonds is 1. The fraction of sp³-hybridized carbons (Fsp3) is 0.852. The van der Waals surface area contributed by atoms with Gasteiger partial charge in [-0.3, -0.25) is 9.59 Å². The minimum atomic E-state index is -0.624. The zero-order valence-corrected chi connectivity index (χ0v) is 20.3. The Balaban J connectivity index is 1.57. The molecule has 0 bridgehead atoms. The van der Waals surface area contributed by atoms with E-state index in [0.29, 0.717) is 36.1 Å². The molecule has 31 heavy (non-hydrogen) atoms. The fourth-order valence-electron chi connectivity index (χ4n) is 9.69. The number of carbonyl (C=O) groups excluding carboxylic acids is 2. The van der Waals surface area contributed by atoms with Crippen LogP contribution in [0.5, 0.6) is 0 Å². The molecular weight excluding hydrogens is 388 g/mol. The van der Waals surface area contributed by atoms with Crippen molar-refractivity contribution in [3.8, 4) is 0 Å². The highest BCUT2D eigenvalue weighted by Crippen LogP contribution is 2.72. The highest BCUT2D eigenvalue weighted by molar-refractivity contribution is 5.88. The molecule has 4 fully saturated rings. The van der Waals surface area contributed by atoms with Crippen LogP contribution in [0.15, 0.2) is 11.6 Å². The lowest BCUT2D eigenvalue weighted by Gasteiger charge is -2.69. The van der Waals surface area contributed by atoms with Crippen LogP contribution < -0.4 is 0 Å². The first-order valence-corrected chi connectivity index (χ1v) is 12.5. The van der Waals surface area contributed by atoms with Gasteiger partial charge in [-0.1, -0.05) is 47.1 Å². The third-order valence-electron chi connectivity index (χ3n) is 11.0. The van der Waals surface area contributed by atoms with Gasteiger partial charge in [-0.05, 0) is 71.7 Å². The van der Waals surface area contributed by atoms with Crippen LogP contribution in [-0.4, -0.2) is 24.6 Å². The number of esters is 1. The minimum absolute atomic E-state index is 0.131. The van der Waals surface area contributed by atoms with Crippen LogP contribution in [0.2, 0.25) is 0 Å². The standard InChI is InChI=1S/C27H40O4/c1-16(28)31-23-22-17(15-30-23)8-9-19-26(5)13-10-18-24(2,3)11-7-12-25(18,4)20(26)14-21(29)27(19,22)6/h8,18-20,22-23H,7,9-15H2,1-6H3/t18-,19-,20+,22+,23-,25-,26-,27+/m0/s1. The van der Waals surface area contributed by atoms with Crippen LogP contribution in [0.1, 0.15) is 86.5 Å². The molecule has 0 aromatic carbocycles. The first-order chi connectivity index (χ1) is 14.4. The Hall–Kier alpha value is -1.16. The summed E-state index contributed by atoms with van der Waals surface area (Å²) in [4.78, 5) is 25.8. The third-order valence-corrected chi connectivity index (χ3v) is 11.0. The lowest BCUT2D eigenvalue weighted by molar-refractivity contribution is -0.215. The molecule has 4 heteroatoms. The summed E-state index contributed by atoms with van der Waals surface area (Å²) in [5.74, 6) is 1.33. The topological polar surface area (TPSA) is 52.6 Å². The molecule has 1 heterocycles.